The van der Waals surface area contributed by atoms with Crippen LogP contribution in [0.3, 0.4) is 0 Å². The zero-order valence-corrected chi connectivity index (χ0v) is 18.0. The molecule has 1 nitrogen and oxygen atoms in total. The summed E-state index contributed by atoms with van der Waals surface area (Å²) in [6, 6.07) is 43.3. The minimum atomic E-state index is 0.683. The van der Waals surface area contributed by atoms with E-state index in [4.69, 9.17) is 0 Å². The van der Waals surface area contributed by atoms with E-state index < -0.39 is 0 Å². The van der Waals surface area contributed by atoms with E-state index in [0.29, 0.717) is 4.48 Å². The first-order valence-corrected chi connectivity index (χ1v) is 10.7. The van der Waals surface area contributed by atoms with Gasteiger partial charge in [0, 0.05) is 11.1 Å². The van der Waals surface area contributed by atoms with Gasteiger partial charge >= 0.3 is 0 Å². The molecule has 0 unspecified atom stereocenters. The van der Waals surface area contributed by atoms with Crippen molar-refractivity contribution in [2.75, 3.05) is 14.1 Å². The lowest BCUT2D eigenvalue weighted by molar-refractivity contribution is -0.737. The van der Waals surface area contributed by atoms with E-state index in [1.54, 1.807) is 0 Å². The lowest BCUT2D eigenvalue weighted by Gasteiger charge is -2.30. The predicted octanol–water partition coefficient (Wildman–Crippen LogP) is 7.21. The first kappa shape index (κ1) is 19.3. The van der Waals surface area contributed by atoms with Crippen molar-refractivity contribution in [3.63, 3.8) is 0 Å². The second-order valence-electron chi connectivity index (χ2n) is 8.36. The minimum Gasteiger partial charge on any atom is -0.261 e. The monoisotopic (exact) mass is 400 g/mol. The number of hydrogen-bond acceptors (Lipinski definition) is 0. The van der Waals surface area contributed by atoms with Gasteiger partial charge in [0.15, 0.2) is 11.4 Å². The van der Waals surface area contributed by atoms with Gasteiger partial charge in [-0.1, -0.05) is 97.1 Å². The number of rotatable bonds is 4. The number of nitrogens with zero attached hydrogens (tertiary/aromatic N) is 1. The van der Waals surface area contributed by atoms with Gasteiger partial charge in [-0.3, -0.25) is 4.48 Å². The molecule has 150 valence electrons. The molecule has 4 aromatic carbocycles. The van der Waals surface area contributed by atoms with Gasteiger partial charge in [0.2, 0.25) is 0 Å². The maximum Gasteiger partial charge on any atom is 0.153 e. The van der Waals surface area contributed by atoms with Gasteiger partial charge in [-0.15, -0.1) is 0 Å². The standard InChI is InChI=1S/C30H26N/c1-31(2)29(25-19-11-5-12-20-25)27(23-15-7-3-8-16-23)28(24-17-9-4-10-18-24)30(31)26-21-13-6-14-22-26/h3-22H,1-2H3/q+1. The highest BCUT2D eigenvalue weighted by Crippen LogP contribution is 2.54. The highest BCUT2D eigenvalue weighted by Gasteiger charge is 2.44. The molecule has 1 aliphatic heterocycles. The molecule has 0 saturated heterocycles. The van der Waals surface area contributed by atoms with E-state index in [1.807, 2.05) is 0 Å². The lowest BCUT2D eigenvalue weighted by atomic mass is 9.89. The number of quaternary nitrogens is 1. The maximum absolute atomic E-state index is 2.31. The van der Waals surface area contributed by atoms with Gasteiger partial charge in [0.25, 0.3) is 0 Å². The highest BCUT2D eigenvalue weighted by molar-refractivity contribution is 6.23. The molecule has 4 aromatic rings. The topological polar surface area (TPSA) is 0 Å². The van der Waals surface area contributed by atoms with Crippen LogP contribution in [0.1, 0.15) is 22.3 Å². The molecule has 1 heteroatoms. The number of allylic oxidation sites excluding steroid dienone is 2. The molecule has 0 aliphatic carbocycles. The summed E-state index contributed by atoms with van der Waals surface area (Å²) in [5.74, 6) is 0. The molecule has 0 spiro atoms. The lowest BCUT2D eigenvalue weighted by Crippen LogP contribution is -2.33. The van der Waals surface area contributed by atoms with Crippen molar-refractivity contribution in [3.05, 3.63) is 144 Å². The summed E-state index contributed by atoms with van der Waals surface area (Å²) in [4.78, 5) is 0. The van der Waals surface area contributed by atoms with Crippen molar-refractivity contribution >= 4 is 22.5 Å². The van der Waals surface area contributed by atoms with Gasteiger partial charge in [-0.2, -0.15) is 0 Å². The highest BCUT2D eigenvalue weighted by atomic mass is 15.3. The maximum atomic E-state index is 2.31. The predicted molar refractivity (Wildman–Crippen MR) is 132 cm³/mol. The second-order valence-corrected chi connectivity index (χ2v) is 8.36. The van der Waals surface area contributed by atoms with Gasteiger partial charge in [0.05, 0.1) is 25.2 Å². The van der Waals surface area contributed by atoms with Crippen LogP contribution in [-0.2, 0) is 0 Å². The van der Waals surface area contributed by atoms with Crippen LogP contribution in [0.2, 0.25) is 0 Å². The molecule has 0 bridgehead atoms. The van der Waals surface area contributed by atoms with E-state index in [-0.39, 0.29) is 0 Å². The van der Waals surface area contributed by atoms with Crippen LogP contribution in [0.15, 0.2) is 121 Å². The van der Waals surface area contributed by atoms with Gasteiger partial charge in [-0.25, -0.2) is 0 Å². The third-order valence-electron chi connectivity index (χ3n) is 6.06. The van der Waals surface area contributed by atoms with Crippen molar-refractivity contribution in [2.24, 2.45) is 0 Å². The fourth-order valence-electron chi connectivity index (χ4n) is 4.81. The van der Waals surface area contributed by atoms with E-state index in [2.05, 4.69) is 135 Å². The fourth-order valence-corrected chi connectivity index (χ4v) is 4.81. The molecular formula is C30H26N+. The van der Waals surface area contributed by atoms with Crippen LogP contribution in [0, 0.1) is 0 Å². The Bertz CT molecular complexity index is 1150. The summed E-state index contributed by atoms with van der Waals surface area (Å²) >= 11 is 0. The third kappa shape index (κ3) is 3.34. The number of benzene rings is 4. The average Bonchev–Trinajstić information content (AvgIpc) is 3.08. The minimum absolute atomic E-state index is 0.683. The summed E-state index contributed by atoms with van der Waals surface area (Å²) in [5, 5.41) is 0. The van der Waals surface area contributed by atoms with Crippen molar-refractivity contribution in [2.45, 2.75) is 0 Å². The Morgan fingerprint density at radius 3 is 0.903 bits per heavy atom. The summed E-state index contributed by atoms with van der Waals surface area (Å²) in [7, 11) is 4.62. The normalized spacial score (nSPS) is 15.4. The first-order valence-electron chi connectivity index (χ1n) is 10.7. The SMILES string of the molecule is C[N+]1(C)C(c2ccccc2)=C(c2ccccc2)C(c2ccccc2)=C1c1ccccc1. The Hall–Kier alpha value is -3.68. The molecule has 0 atom stereocenters. The van der Waals surface area contributed by atoms with E-state index in [9.17, 15) is 0 Å². The quantitative estimate of drug-likeness (QED) is 0.317. The largest absolute Gasteiger partial charge is 0.261 e. The summed E-state index contributed by atoms with van der Waals surface area (Å²) in [5.41, 5.74) is 10.3. The Balaban J connectivity index is 1.92. The molecule has 0 radical (unpaired) electrons. The van der Waals surface area contributed by atoms with Crippen LogP contribution in [0.5, 0.6) is 0 Å². The molecule has 1 aliphatic rings. The molecule has 5 rings (SSSR count). The van der Waals surface area contributed by atoms with Crippen LogP contribution in [0.4, 0.5) is 0 Å². The first-order chi connectivity index (χ1) is 15.2. The molecule has 0 amide bonds. The Labute approximate surface area is 184 Å². The molecule has 1 heterocycles. The zero-order chi connectivity index (χ0) is 21.3. The van der Waals surface area contributed by atoms with Gasteiger partial charge in [0.1, 0.15) is 0 Å². The molecule has 0 fully saturated rings. The molecule has 0 N–H and O–H groups in total. The van der Waals surface area contributed by atoms with Crippen LogP contribution < -0.4 is 0 Å². The van der Waals surface area contributed by atoms with Gasteiger partial charge in [-0.05, 0) is 35.4 Å². The van der Waals surface area contributed by atoms with E-state index >= 15 is 0 Å². The third-order valence-corrected chi connectivity index (χ3v) is 6.06. The van der Waals surface area contributed by atoms with Crippen molar-refractivity contribution in [1.82, 2.24) is 0 Å². The summed E-state index contributed by atoms with van der Waals surface area (Å²) in [6.45, 7) is 0. The molecular weight excluding hydrogens is 374 g/mol. The summed E-state index contributed by atoms with van der Waals surface area (Å²) < 4.78 is 0.683. The van der Waals surface area contributed by atoms with Crippen molar-refractivity contribution in [1.29, 1.82) is 0 Å². The van der Waals surface area contributed by atoms with Crippen molar-refractivity contribution in [3.8, 4) is 0 Å². The van der Waals surface area contributed by atoms with Crippen LogP contribution >= 0.6 is 0 Å². The van der Waals surface area contributed by atoms with Crippen LogP contribution in [0.25, 0.3) is 22.5 Å². The van der Waals surface area contributed by atoms with Gasteiger partial charge < -0.3 is 0 Å². The smallest absolute Gasteiger partial charge is 0.153 e. The van der Waals surface area contributed by atoms with Crippen LogP contribution in [-0.4, -0.2) is 18.6 Å². The van der Waals surface area contributed by atoms with E-state index in [1.165, 1.54) is 44.8 Å². The molecule has 0 saturated carbocycles. The van der Waals surface area contributed by atoms with E-state index in [0.717, 1.165) is 0 Å². The fraction of sp³-hybridized carbons (Fsp3) is 0.0667. The Morgan fingerprint density at radius 1 is 0.355 bits per heavy atom. The van der Waals surface area contributed by atoms with Crippen molar-refractivity contribution < 1.29 is 4.48 Å². The summed E-state index contributed by atoms with van der Waals surface area (Å²) in [6.07, 6.45) is 0. The number of hydrogen-bond donors (Lipinski definition) is 0. The molecule has 0 aromatic heterocycles. The Morgan fingerprint density at radius 2 is 0.613 bits per heavy atom. The molecule has 31 heavy (non-hydrogen) atoms. The average molecular weight is 401 g/mol. The zero-order valence-electron chi connectivity index (χ0n) is 18.0. The Kier molecular flexibility index (Phi) is 4.89. The second kappa shape index (κ2) is 7.86.